The standard InChI is InChI=1S/C27H30N4O2/c1-2-14-30-26(33)27(13-5-18-31(20-27)25(32)24-6-3-4-15-29-24)19-21-7-9-22(10-8-21)23-11-16-28-17-12-23/h3-4,6-12,15-17H,2,5,13-14,18-20H2,1H3,(H,30,33)/t27-/m1/s1. The third kappa shape index (κ3) is 5.28. The number of hydrogen-bond donors (Lipinski definition) is 1. The van der Waals surface area contributed by atoms with E-state index in [4.69, 9.17) is 0 Å². The molecule has 0 bridgehead atoms. The highest BCUT2D eigenvalue weighted by atomic mass is 16.2. The Morgan fingerprint density at radius 2 is 1.76 bits per heavy atom. The molecule has 33 heavy (non-hydrogen) atoms. The summed E-state index contributed by atoms with van der Waals surface area (Å²) in [6.07, 6.45) is 8.19. The molecule has 1 fully saturated rings. The van der Waals surface area contributed by atoms with Crippen molar-refractivity contribution >= 4 is 11.8 Å². The summed E-state index contributed by atoms with van der Waals surface area (Å²) in [5, 5.41) is 3.10. The molecule has 1 N–H and O–H groups in total. The Balaban J connectivity index is 1.58. The summed E-state index contributed by atoms with van der Waals surface area (Å²) in [5.74, 6) is -0.0860. The topological polar surface area (TPSA) is 75.2 Å². The summed E-state index contributed by atoms with van der Waals surface area (Å²) in [6.45, 7) is 3.71. The molecule has 0 radical (unpaired) electrons. The van der Waals surface area contributed by atoms with Crippen LogP contribution in [0.1, 0.15) is 42.2 Å². The van der Waals surface area contributed by atoms with Crippen molar-refractivity contribution in [2.75, 3.05) is 19.6 Å². The van der Waals surface area contributed by atoms with E-state index in [0.717, 1.165) is 36.0 Å². The minimum atomic E-state index is -0.657. The highest BCUT2D eigenvalue weighted by Crippen LogP contribution is 2.35. The van der Waals surface area contributed by atoms with Crippen LogP contribution in [-0.4, -0.2) is 46.3 Å². The van der Waals surface area contributed by atoms with Gasteiger partial charge in [-0.25, -0.2) is 0 Å². The van der Waals surface area contributed by atoms with E-state index < -0.39 is 5.41 Å². The number of pyridine rings is 2. The summed E-state index contributed by atoms with van der Waals surface area (Å²) >= 11 is 0. The van der Waals surface area contributed by atoms with Gasteiger partial charge >= 0.3 is 0 Å². The summed E-state index contributed by atoms with van der Waals surface area (Å²) in [5.41, 5.74) is 3.07. The summed E-state index contributed by atoms with van der Waals surface area (Å²) in [4.78, 5) is 36.6. The third-order valence-electron chi connectivity index (χ3n) is 6.28. The number of benzene rings is 1. The van der Waals surface area contributed by atoms with Gasteiger partial charge in [0.1, 0.15) is 5.69 Å². The van der Waals surface area contributed by atoms with Crippen molar-refractivity contribution in [3.05, 3.63) is 84.4 Å². The number of likely N-dealkylation sites (tertiary alicyclic amines) is 1. The zero-order valence-electron chi connectivity index (χ0n) is 19.0. The monoisotopic (exact) mass is 442 g/mol. The molecule has 6 nitrogen and oxygen atoms in total. The molecule has 1 saturated heterocycles. The second-order valence-corrected chi connectivity index (χ2v) is 8.69. The first kappa shape index (κ1) is 22.6. The minimum Gasteiger partial charge on any atom is -0.356 e. The molecule has 170 valence electrons. The van der Waals surface area contributed by atoms with Gasteiger partial charge in [-0.05, 0) is 66.6 Å². The van der Waals surface area contributed by atoms with E-state index in [2.05, 4.69) is 39.6 Å². The van der Waals surface area contributed by atoms with E-state index in [1.54, 1.807) is 35.6 Å². The highest BCUT2D eigenvalue weighted by Gasteiger charge is 2.43. The van der Waals surface area contributed by atoms with E-state index in [0.29, 0.717) is 31.7 Å². The number of amides is 2. The molecule has 2 aromatic heterocycles. The first-order valence-corrected chi connectivity index (χ1v) is 11.6. The van der Waals surface area contributed by atoms with Crippen molar-refractivity contribution in [2.45, 2.75) is 32.6 Å². The van der Waals surface area contributed by atoms with Gasteiger partial charge in [-0.15, -0.1) is 0 Å². The van der Waals surface area contributed by atoms with Gasteiger partial charge in [-0.1, -0.05) is 37.3 Å². The van der Waals surface area contributed by atoms with Crippen LogP contribution in [0.15, 0.2) is 73.2 Å². The predicted octanol–water partition coefficient (Wildman–Crippen LogP) is 4.13. The number of carbonyl (C=O) groups is 2. The van der Waals surface area contributed by atoms with Crippen LogP contribution in [0, 0.1) is 5.41 Å². The predicted molar refractivity (Wildman–Crippen MR) is 128 cm³/mol. The molecular weight excluding hydrogens is 412 g/mol. The highest BCUT2D eigenvalue weighted by molar-refractivity contribution is 5.93. The van der Waals surface area contributed by atoms with Crippen molar-refractivity contribution in [2.24, 2.45) is 5.41 Å². The maximum absolute atomic E-state index is 13.4. The Hall–Kier alpha value is -3.54. The second-order valence-electron chi connectivity index (χ2n) is 8.69. The van der Waals surface area contributed by atoms with Crippen LogP contribution in [0.25, 0.3) is 11.1 Å². The first-order chi connectivity index (χ1) is 16.1. The fourth-order valence-electron chi connectivity index (χ4n) is 4.54. The van der Waals surface area contributed by atoms with Crippen LogP contribution in [0.4, 0.5) is 0 Å². The third-order valence-corrected chi connectivity index (χ3v) is 6.28. The summed E-state index contributed by atoms with van der Waals surface area (Å²) in [7, 11) is 0. The smallest absolute Gasteiger partial charge is 0.272 e. The number of piperidine rings is 1. The molecule has 6 heteroatoms. The molecule has 2 amide bonds. The average Bonchev–Trinajstić information content (AvgIpc) is 2.88. The minimum absolute atomic E-state index is 0.0288. The van der Waals surface area contributed by atoms with Crippen LogP contribution < -0.4 is 5.32 Å². The lowest BCUT2D eigenvalue weighted by Crippen LogP contribution is -2.54. The number of nitrogens with zero attached hydrogens (tertiary/aromatic N) is 3. The SMILES string of the molecule is CCCNC(=O)[C@@]1(Cc2ccc(-c3ccncc3)cc2)CCCN(C(=O)c2ccccn2)C1. The van der Waals surface area contributed by atoms with Crippen LogP contribution in [0.3, 0.4) is 0 Å². The molecule has 3 heterocycles. The summed E-state index contributed by atoms with van der Waals surface area (Å²) < 4.78 is 0. The Labute approximate surface area is 195 Å². The number of nitrogens with one attached hydrogen (secondary N) is 1. The van der Waals surface area contributed by atoms with Gasteiger partial charge in [0.05, 0.1) is 5.41 Å². The number of rotatable bonds is 7. The van der Waals surface area contributed by atoms with E-state index in [-0.39, 0.29) is 11.8 Å². The maximum Gasteiger partial charge on any atom is 0.272 e. The second kappa shape index (κ2) is 10.4. The zero-order valence-corrected chi connectivity index (χ0v) is 19.0. The van der Waals surface area contributed by atoms with E-state index in [9.17, 15) is 9.59 Å². The van der Waals surface area contributed by atoms with Crippen molar-refractivity contribution in [1.29, 1.82) is 0 Å². The lowest BCUT2D eigenvalue weighted by atomic mass is 9.74. The van der Waals surface area contributed by atoms with Crippen molar-refractivity contribution in [3.63, 3.8) is 0 Å². The van der Waals surface area contributed by atoms with Gasteiger partial charge in [0.25, 0.3) is 5.91 Å². The van der Waals surface area contributed by atoms with Crippen LogP contribution in [0.5, 0.6) is 0 Å². The van der Waals surface area contributed by atoms with Crippen LogP contribution in [-0.2, 0) is 11.2 Å². The number of hydrogen-bond acceptors (Lipinski definition) is 4. The molecule has 0 unspecified atom stereocenters. The number of carbonyl (C=O) groups excluding carboxylic acids is 2. The van der Waals surface area contributed by atoms with Gasteiger partial charge in [0, 0.05) is 38.2 Å². The number of aromatic nitrogens is 2. The Bertz CT molecular complexity index is 1070. The van der Waals surface area contributed by atoms with Gasteiger partial charge in [-0.3, -0.25) is 19.6 Å². The quantitative estimate of drug-likeness (QED) is 0.597. The Morgan fingerprint density at radius 3 is 2.45 bits per heavy atom. The normalized spacial score (nSPS) is 18.0. The van der Waals surface area contributed by atoms with E-state index >= 15 is 0 Å². The molecule has 3 aromatic rings. The molecule has 1 aliphatic rings. The Kier molecular flexibility index (Phi) is 7.13. The molecule has 1 aromatic carbocycles. The van der Waals surface area contributed by atoms with Crippen molar-refractivity contribution in [3.8, 4) is 11.1 Å². The molecule has 4 rings (SSSR count). The van der Waals surface area contributed by atoms with Gasteiger partial charge < -0.3 is 10.2 Å². The van der Waals surface area contributed by atoms with Crippen molar-refractivity contribution < 1.29 is 9.59 Å². The van der Waals surface area contributed by atoms with E-state index in [1.165, 1.54) is 0 Å². The lowest BCUT2D eigenvalue weighted by molar-refractivity contribution is -0.133. The fourth-order valence-corrected chi connectivity index (χ4v) is 4.54. The van der Waals surface area contributed by atoms with E-state index in [1.807, 2.05) is 25.1 Å². The molecular formula is C27H30N4O2. The molecule has 0 spiro atoms. The Morgan fingerprint density at radius 1 is 1.00 bits per heavy atom. The van der Waals surface area contributed by atoms with Crippen LogP contribution >= 0.6 is 0 Å². The van der Waals surface area contributed by atoms with Crippen LogP contribution in [0.2, 0.25) is 0 Å². The average molecular weight is 443 g/mol. The largest absolute Gasteiger partial charge is 0.356 e. The fraction of sp³-hybridized carbons (Fsp3) is 0.333. The van der Waals surface area contributed by atoms with Gasteiger partial charge in [0.2, 0.25) is 5.91 Å². The van der Waals surface area contributed by atoms with Crippen molar-refractivity contribution in [1.82, 2.24) is 20.2 Å². The zero-order chi connectivity index (χ0) is 23.1. The maximum atomic E-state index is 13.4. The first-order valence-electron chi connectivity index (χ1n) is 11.6. The summed E-state index contributed by atoms with van der Waals surface area (Å²) in [6, 6.07) is 17.7. The molecule has 0 saturated carbocycles. The molecule has 0 aliphatic carbocycles. The lowest BCUT2D eigenvalue weighted by Gasteiger charge is -2.42. The molecule has 1 aliphatic heterocycles. The molecule has 1 atom stereocenters. The van der Waals surface area contributed by atoms with Gasteiger partial charge in [-0.2, -0.15) is 0 Å². The van der Waals surface area contributed by atoms with Gasteiger partial charge in [0.15, 0.2) is 0 Å².